The first kappa shape index (κ1) is 18.7. The molecule has 0 saturated carbocycles. The lowest BCUT2D eigenvalue weighted by Gasteiger charge is -2.08. The summed E-state index contributed by atoms with van der Waals surface area (Å²) in [6.07, 6.45) is 0.884. The van der Waals surface area contributed by atoms with Crippen molar-refractivity contribution in [1.82, 2.24) is 15.4 Å². The first-order chi connectivity index (χ1) is 14.8. The van der Waals surface area contributed by atoms with Gasteiger partial charge < -0.3 is 18.4 Å². The molecule has 0 unspecified atom stereocenters. The van der Waals surface area contributed by atoms with Crippen molar-refractivity contribution in [2.45, 2.75) is 24.0 Å². The molecule has 4 aromatic rings. The van der Waals surface area contributed by atoms with Crippen molar-refractivity contribution in [3.8, 4) is 34.2 Å². The maximum Gasteiger partial charge on any atom is 0.253 e. The molecule has 2 aromatic carbocycles. The summed E-state index contributed by atoms with van der Waals surface area (Å²) >= 11 is 1.60. The van der Waals surface area contributed by atoms with E-state index >= 15 is 0 Å². The summed E-state index contributed by atoms with van der Waals surface area (Å²) in [5.41, 5.74) is 2.35. The minimum atomic E-state index is 0.405. The van der Waals surface area contributed by atoms with Crippen LogP contribution in [0.2, 0.25) is 0 Å². The first-order valence-electron chi connectivity index (χ1n) is 9.65. The quantitative estimate of drug-likeness (QED) is 0.409. The number of nitrogens with zero attached hydrogens (tertiary/aromatic N) is 3. The molecule has 30 heavy (non-hydrogen) atoms. The lowest BCUT2D eigenvalue weighted by Crippen LogP contribution is -1.97. The molecule has 3 heterocycles. The number of ether oxygens (including phenoxy) is 2. The predicted molar refractivity (Wildman–Crippen MR) is 112 cm³/mol. The molecule has 0 fully saturated rings. The van der Waals surface area contributed by atoms with Crippen LogP contribution in [-0.2, 0) is 5.75 Å². The van der Waals surface area contributed by atoms with E-state index in [0.717, 1.165) is 33.9 Å². The molecule has 0 amide bonds. The normalized spacial score (nSPS) is 13.2. The van der Waals surface area contributed by atoms with E-state index in [0.29, 0.717) is 42.2 Å². The lowest BCUT2D eigenvalue weighted by molar-refractivity contribution is 0.297. The van der Waals surface area contributed by atoms with E-state index in [9.17, 15) is 0 Å². The van der Waals surface area contributed by atoms with Crippen LogP contribution in [0.5, 0.6) is 11.5 Å². The van der Waals surface area contributed by atoms with Crippen LogP contribution in [0.3, 0.4) is 0 Å². The van der Waals surface area contributed by atoms with E-state index in [2.05, 4.69) is 15.4 Å². The highest BCUT2D eigenvalue weighted by molar-refractivity contribution is 7.98. The Kier molecular flexibility index (Phi) is 5.15. The summed E-state index contributed by atoms with van der Waals surface area (Å²) in [5, 5.41) is 12.6. The van der Waals surface area contributed by atoms with Crippen LogP contribution in [0.1, 0.15) is 18.1 Å². The van der Waals surface area contributed by atoms with E-state index in [1.807, 2.05) is 55.5 Å². The molecule has 1 aliphatic heterocycles. The Bertz CT molecular complexity index is 1160. The van der Waals surface area contributed by atoms with Gasteiger partial charge in [0.05, 0.1) is 19.0 Å². The van der Waals surface area contributed by atoms with Crippen molar-refractivity contribution < 1.29 is 18.4 Å². The van der Waals surface area contributed by atoms with Crippen molar-refractivity contribution >= 4 is 11.8 Å². The van der Waals surface area contributed by atoms with Gasteiger partial charge >= 0.3 is 0 Å². The molecular formula is C22H19N3O4S. The predicted octanol–water partition coefficient (Wildman–Crippen LogP) is 5.15. The van der Waals surface area contributed by atoms with Crippen molar-refractivity contribution in [2.24, 2.45) is 0 Å². The highest BCUT2D eigenvalue weighted by Crippen LogP contribution is 2.36. The molecule has 7 nitrogen and oxygen atoms in total. The van der Waals surface area contributed by atoms with Crippen LogP contribution >= 0.6 is 11.8 Å². The highest BCUT2D eigenvalue weighted by Gasteiger charge is 2.22. The van der Waals surface area contributed by atoms with Crippen LogP contribution in [0.25, 0.3) is 22.7 Å². The van der Waals surface area contributed by atoms with Gasteiger partial charge in [0, 0.05) is 16.9 Å². The SMILES string of the molecule is Cc1onc(-c2ccccc2)c1-c1nnc(CSc2ccc3c(c2)OCCCO3)o1. The molecule has 8 heteroatoms. The molecule has 2 aromatic heterocycles. The van der Waals surface area contributed by atoms with Crippen LogP contribution in [0.4, 0.5) is 0 Å². The maximum atomic E-state index is 5.93. The van der Waals surface area contributed by atoms with Crippen LogP contribution < -0.4 is 9.47 Å². The molecule has 0 radical (unpaired) electrons. The van der Waals surface area contributed by atoms with Gasteiger partial charge in [-0.1, -0.05) is 35.5 Å². The van der Waals surface area contributed by atoms with Gasteiger partial charge in [-0.25, -0.2) is 0 Å². The average Bonchev–Trinajstić information content (AvgIpc) is 3.32. The number of fused-ring (bicyclic) bond motifs is 1. The van der Waals surface area contributed by atoms with E-state index in [1.165, 1.54) is 0 Å². The van der Waals surface area contributed by atoms with E-state index in [-0.39, 0.29) is 0 Å². The average molecular weight is 421 g/mol. The van der Waals surface area contributed by atoms with E-state index < -0.39 is 0 Å². The fourth-order valence-corrected chi connectivity index (χ4v) is 3.97. The van der Waals surface area contributed by atoms with Gasteiger partial charge in [-0.05, 0) is 25.1 Å². The summed E-state index contributed by atoms with van der Waals surface area (Å²) in [7, 11) is 0. The fourth-order valence-electron chi connectivity index (χ4n) is 3.21. The first-order valence-corrected chi connectivity index (χ1v) is 10.6. The molecule has 5 rings (SSSR count). The summed E-state index contributed by atoms with van der Waals surface area (Å²) in [4.78, 5) is 1.05. The van der Waals surface area contributed by atoms with Gasteiger partial charge in [0.1, 0.15) is 17.0 Å². The number of rotatable bonds is 5. The number of hydrogen-bond donors (Lipinski definition) is 0. The minimum Gasteiger partial charge on any atom is -0.490 e. The molecule has 0 aliphatic carbocycles. The third-order valence-electron chi connectivity index (χ3n) is 4.67. The highest BCUT2D eigenvalue weighted by atomic mass is 32.2. The van der Waals surface area contributed by atoms with Gasteiger partial charge in [-0.15, -0.1) is 22.0 Å². The minimum absolute atomic E-state index is 0.405. The number of thioether (sulfide) groups is 1. The smallest absolute Gasteiger partial charge is 0.253 e. The van der Waals surface area contributed by atoms with Gasteiger partial charge in [-0.2, -0.15) is 0 Å². The summed E-state index contributed by atoms with van der Waals surface area (Å²) in [6.45, 7) is 3.18. The summed E-state index contributed by atoms with van der Waals surface area (Å²) in [5.74, 6) is 3.67. The number of hydrogen-bond acceptors (Lipinski definition) is 8. The summed E-state index contributed by atoms with van der Waals surface area (Å²) in [6, 6.07) is 15.7. The molecule has 1 aliphatic rings. The topological polar surface area (TPSA) is 83.4 Å². The van der Waals surface area contributed by atoms with E-state index in [1.54, 1.807) is 11.8 Å². The molecule has 0 bridgehead atoms. The Labute approximate surface area is 177 Å². The van der Waals surface area contributed by atoms with Gasteiger partial charge in [0.15, 0.2) is 11.5 Å². The van der Waals surface area contributed by atoms with Crippen LogP contribution in [-0.4, -0.2) is 28.6 Å². The maximum absolute atomic E-state index is 5.93. The Morgan fingerprint density at radius 3 is 2.67 bits per heavy atom. The number of aromatic nitrogens is 3. The zero-order valence-electron chi connectivity index (χ0n) is 16.3. The number of benzene rings is 2. The molecule has 0 atom stereocenters. The van der Waals surface area contributed by atoms with Crippen LogP contribution in [0.15, 0.2) is 62.4 Å². The zero-order valence-corrected chi connectivity index (χ0v) is 17.1. The Hall–Kier alpha value is -3.26. The second-order valence-corrected chi connectivity index (χ2v) is 7.83. The Morgan fingerprint density at radius 1 is 0.967 bits per heavy atom. The van der Waals surface area contributed by atoms with Crippen molar-refractivity contribution in [1.29, 1.82) is 0 Å². The standard InChI is InChI=1S/C22H19N3O4S/c1-14-20(21(25-29-14)15-6-3-2-4-7-15)22-24-23-19(28-22)13-30-16-8-9-17-18(12-16)27-11-5-10-26-17/h2-4,6-9,12H,5,10-11,13H2,1H3. The van der Waals surface area contributed by atoms with Crippen molar-refractivity contribution in [2.75, 3.05) is 13.2 Å². The van der Waals surface area contributed by atoms with E-state index in [4.69, 9.17) is 18.4 Å². The van der Waals surface area contributed by atoms with Gasteiger partial charge in [0.2, 0.25) is 5.89 Å². The van der Waals surface area contributed by atoms with Gasteiger partial charge in [0.25, 0.3) is 5.89 Å². The monoisotopic (exact) mass is 421 g/mol. The largest absolute Gasteiger partial charge is 0.490 e. The zero-order chi connectivity index (χ0) is 20.3. The molecular weight excluding hydrogens is 402 g/mol. The molecule has 0 saturated heterocycles. The van der Waals surface area contributed by atoms with Crippen molar-refractivity contribution in [3.63, 3.8) is 0 Å². The molecule has 0 spiro atoms. The second-order valence-electron chi connectivity index (χ2n) is 6.78. The third kappa shape index (κ3) is 3.78. The Balaban J connectivity index is 1.34. The summed E-state index contributed by atoms with van der Waals surface area (Å²) < 4.78 is 22.8. The number of aryl methyl sites for hydroxylation is 1. The van der Waals surface area contributed by atoms with Gasteiger partial charge in [-0.3, -0.25) is 0 Å². The van der Waals surface area contributed by atoms with Crippen LogP contribution in [0, 0.1) is 6.92 Å². The van der Waals surface area contributed by atoms with Crippen molar-refractivity contribution in [3.05, 3.63) is 60.2 Å². The second kappa shape index (κ2) is 8.23. The Morgan fingerprint density at radius 2 is 1.80 bits per heavy atom. The molecule has 0 N–H and O–H groups in total. The molecule has 152 valence electrons. The fraction of sp³-hybridized carbons (Fsp3) is 0.227. The third-order valence-corrected chi connectivity index (χ3v) is 5.65. The lowest BCUT2D eigenvalue weighted by atomic mass is 10.1.